The second kappa shape index (κ2) is 8.75. The molecule has 0 aliphatic heterocycles. The van der Waals surface area contributed by atoms with Gasteiger partial charge in [-0.25, -0.2) is 5.43 Å². The first kappa shape index (κ1) is 18.3. The molecule has 0 bridgehead atoms. The summed E-state index contributed by atoms with van der Waals surface area (Å²) in [6, 6.07) is 20.6. The lowest BCUT2D eigenvalue weighted by molar-refractivity contribution is 0.0955. The third-order valence-corrected chi connectivity index (χ3v) is 4.29. The van der Waals surface area contributed by atoms with Crippen LogP contribution in [0.25, 0.3) is 10.9 Å². The van der Waals surface area contributed by atoms with Gasteiger partial charge in [0.15, 0.2) is 0 Å². The van der Waals surface area contributed by atoms with E-state index in [1.165, 1.54) is 0 Å². The minimum absolute atomic E-state index is 0.277. The van der Waals surface area contributed by atoms with Crippen LogP contribution in [-0.4, -0.2) is 22.1 Å². The molecule has 0 aliphatic rings. The first-order chi connectivity index (χ1) is 14.3. The molecule has 1 amide bonds. The van der Waals surface area contributed by atoms with Crippen molar-refractivity contribution in [2.45, 2.75) is 6.61 Å². The van der Waals surface area contributed by atoms with Crippen LogP contribution < -0.4 is 10.2 Å². The number of ether oxygens (including phenoxy) is 1. The Morgan fingerprint density at radius 1 is 0.966 bits per heavy atom. The van der Waals surface area contributed by atoms with Gasteiger partial charge in [0.2, 0.25) is 0 Å². The number of para-hydroxylation sites is 1. The van der Waals surface area contributed by atoms with E-state index in [4.69, 9.17) is 4.74 Å². The summed E-state index contributed by atoms with van der Waals surface area (Å²) in [7, 11) is 0. The van der Waals surface area contributed by atoms with Crippen molar-refractivity contribution in [3.8, 4) is 5.75 Å². The molecule has 0 aliphatic carbocycles. The average Bonchev–Trinajstić information content (AvgIpc) is 2.78. The number of amides is 1. The number of hydrogen-bond acceptors (Lipinski definition) is 5. The van der Waals surface area contributed by atoms with Gasteiger partial charge in [0.1, 0.15) is 17.9 Å². The lowest BCUT2D eigenvalue weighted by Crippen LogP contribution is -2.17. The highest BCUT2D eigenvalue weighted by Gasteiger charge is 2.06. The van der Waals surface area contributed by atoms with Gasteiger partial charge in [-0.05, 0) is 47.5 Å². The molecular formula is C23H18N4O2. The Kier molecular flexibility index (Phi) is 5.53. The maximum absolute atomic E-state index is 12.2. The average molecular weight is 382 g/mol. The van der Waals surface area contributed by atoms with Gasteiger partial charge in [0, 0.05) is 29.5 Å². The Balaban J connectivity index is 1.36. The van der Waals surface area contributed by atoms with Gasteiger partial charge in [-0.1, -0.05) is 30.3 Å². The molecule has 6 nitrogen and oxygen atoms in total. The lowest BCUT2D eigenvalue weighted by atomic mass is 10.1. The third kappa shape index (κ3) is 4.62. The van der Waals surface area contributed by atoms with Crippen LogP contribution in [0.15, 0.2) is 90.4 Å². The highest BCUT2D eigenvalue weighted by atomic mass is 16.5. The monoisotopic (exact) mass is 382 g/mol. The number of nitrogens with one attached hydrogen (secondary N) is 1. The molecule has 0 unspecified atom stereocenters. The van der Waals surface area contributed by atoms with Crippen LogP contribution >= 0.6 is 0 Å². The summed E-state index contributed by atoms with van der Waals surface area (Å²) in [5.74, 6) is 0.455. The summed E-state index contributed by atoms with van der Waals surface area (Å²) >= 11 is 0. The number of nitrogens with zero attached hydrogens (tertiary/aromatic N) is 3. The van der Waals surface area contributed by atoms with E-state index in [0.29, 0.717) is 12.2 Å². The minimum atomic E-state index is -0.277. The molecule has 0 spiro atoms. The van der Waals surface area contributed by atoms with E-state index in [1.807, 2.05) is 42.5 Å². The number of aromatic nitrogens is 2. The standard InChI is InChI=1S/C23H18N4O2/c28-23(27-26-15-17-10-13-24-14-11-17)20-8-6-18(7-9-20)16-29-21-5-1-3-19-4-2-12-25-22(19)21/h1-15H,16H2,(H,27,28)/b26-15-. The van der Waals surface area contributed by atoms with Crippen LogP contribution in [0.2, 0.25) is 0 Å². The molecule has 0 radical (unpaired) electrons. The van der Waals surface area contributed by atoms with Crippen molar-refractivity contribution in [1.82, 2.24) is 15.4 Å². The van der Waals surface area contributed by atoms with Gasteiger partial charge in [0.25, 0.3) is 5.91 Å². The van der Waals surface area contributed by atoms with E-state index >= 15 is 0 Å². The fourth-order valence-corrected chi connectivity index (χ4v) is 2.79. The minimum Gasteiger partial charge on any atom is -0.487 e. The quantitative estimate of drug-likeness (QED) is 0.404. The molecule has 1 N–H and O–H groups in total. The van der Waals surface area contributed by atoms with Gasteiger partial charge in [-0.2, -0.15) is 5.10 Å². The number of pyridine rings is 2. The molecule has 6 heteroatoms. The third-order valence-electron chi connectivity index (χ3n) is 4.29. The van der Waals surface area contributed by atoms with E-state index < -0.39 is 0 Å². The fourth-order valence-electron chi connectivity index (χ4n) is 2.79. The largest absolute Gasteiger partial charge is 0.487 e. The van der Waals surface area contributed by atoms with Crippen LogP contribution in [0.1, 0.15) is 21.5 Å². The van der Waals surface area contributed by atoms with E-state index in [0.717, 1.165) is 27.8 Å². The van der Waals surface area contributed by atoms with E-state index in [-0.39, 0.29) is 5.91 Å². The topological polar surface area (TPSA) is 76.5 Å². The van der Waals surface area contributed by atoms with Gasteiger partial charge >= 0.3 is 0 Å². The number of carbonyl (C=O) groups excluding carboxylic acids is 1. The van der Waals surface area contributed by atoms with Crippen molar-refractivity contribution in [3.63, 3.8) is 0 Å². The number of carbonyl (C=O) groups is 1. The maximum atomic E-state index is 12.2. The molecule has 2 heterocycles. The normalized spacial score (nSPS) is 10.9. The number of hydrogen-bond donors (Lipinski definition) is 1. The summed E-state index contributed by atoms with van der Waals surface area (Å²) < 4.78 is 5.93. The number of benzene rings is 2. The Hall–Kier alpha value is -4.06. The van der Waals surface area contributed by atoms with Crippen molar-refractivity contribution >= 4 is 23.0 Å². The highest BCUT2D eigenvalue weighted by molar-refractivity contribution is 5.94. The molecule has 0 fully saturated rings. The lowest BCUT2D eigenvalue weighted by Gasteiger charge is -2.09. The molecule has 29 heavy (non-hydrogen) atoms. The Labute approximate surface area is 167 Å². The second-order valence-corrected chi connectivity index (χ2v) is 6.30. The van der Waals surface area contributed by atoms with Crippen molar-refractivity contribution in [2.24, 2.45) is 5.10 Å². The molecule has 142 valence electrons. The zero-order valence-corrected chi connectivity index (χ0v) is 15.5. The van der Waals surface area contributed by atoms with E-state index in [2.05, 4.69) is 20.5 Å². The predicted molar refractivity (Wildman–Crippen MR) is 112 cm³/mol. The van der Waals surface area contributed by atoms with Crippen molar-refractivity contribution in [1.29, 1.82) is 0 Å². The Morgan fingerprint density at radius 2 is 1.76 bits per heavy atom. The van der Waals surface area contributed by atoms with Gasteiger partial charge in [0.05, 0.1) is 6.21 Å². The fraction of sp³-hybridized carbons (Fsp3) is 0.0435. The predicted octanol–water partition coefficient (Wildman–Crippen LogP) is 3.97. The van der Waals surface area contributed by atoms with Crippen LogP contribution in [-0.2, 0) is 6.61 Å². The first-order valence-electron chi connectivity index (χ1n) is 9.08. The molecule has 4 aromatic rings. The molecule has 4 rings (SSSR count). The summed E-state index contributed by atoms with van der Waals surface area (Å²) in [6.45, 7) is 0.387. The number of hydrazone groups is 1. The van der Waals surface area contributed by atoms with Crippen molar-refractivity contribution < 1.29 is 9.53 Å². The van der Waals surface area contributed by atoms with E-state index in [9.17, 15) is 4.79 Å². The van der Waals surface area contributed by atoms with Crippen molar-refractivity contribution in [2.75, 3.05) is 0 Å². The summed E-state index contributed by atoms with van der Waals surface area (Å²) in [6.07, 6.45) is 6.65. The first-order valence-corrected chi connectivity index (χ1v) is 9.08. The highest BCUT2D eigenvalue weighted by Crippen LogP contribution is 2.23. The van der Waals surface area contributed by atoms with Crippen molar-refractivity contribution in [3.05, 3.63) is 102 Å². The van der Waals surface area contributed by atoms with Crippen LogP contribution in [0.4, 0.5) is 0 Å². The summed E-state index contributed by atoms with van der Waals surface area (Å²) in [5, 5.41) is 4.99. The molecule has 2 aromatic heterocycles. The van der Waals surface area contributed by atoms with Crippen LogP contribution in [0.3, 0.4) is 0 Å². The molecule has 0 saturated carbocycles. The van der Waals surface area contributed by atoms with E-state index in [1.54, 1.807) is 49.1 Å². The SMILES string of the molecule is O=C(N/N=C\c1ccncc1)c1ccc(COc2cccc3cccnc23)cc1. The maximum Gasteiger partial charge on any atom is 0.271 e. The molecule has 2 aromatic carbocycles. The van der Waals surface area contributed by atoms with Gasteiger partial charge in [-0.3, -0.25) is 14.8 Å². The summed E-state index contributed by atoms with van der Waals surface area (Å²) in [4.78, 5) is 20.5. The molecular weight excluding hydrogens is 364 g/mol. The zero-order valence-electron chi connectivity index (χ0n) is 15.5. The number of rotatable bonds is 6. The van der Waals surface area contributed by atoms with Gasteiger partial charge < -0.3 is 4.74 Å². The molecule has 0 atom stereocenters. The Morgan fingerprint density at radius 3 is 2.59 bits per heavy atom. The second-order valence-electron chi connectivity index (χ2n) is 6.30. The van der Waals surface area contributed by atoms with Crippen LogP contribution in [0, 0.1) is 0 Å². The van der Waals surface area contributed by atoms with Gasteiger partial charge in [-0.15, -0.1) is 0 Å². The Bertz CT molecular complexity index is 1140. The zero-order chi connectivity index (χ0) is 19.9. The molecule has 0 saturated heterocycles. The number of fused-ring (bicyclic) bond motifs is 1. The van der Waals surface area contributed by atoms with Crippen LogP contribution in [0.5, 0.6) is 5.75 Å². The summed E-state index contributed by atoms with van der Waals surface area (Å²) in [5.41, 5.74) is 5.68. The smallest absolute Gasteiger partial charge is 0.271 e.